The van der Waals surface area contributed by atoms with Gasteiger partial charge in [0.1, 0.15) is 5.15 Å². The second-order valence-electron chi connectivity index (χ2n) is 4.19. The maximum atomic E-state index is 11.0. The second kappa shape index (κ2) is 4.78. The zero-order chi connectivity index (χ0) is 13.3. The van der Waals surface area contributed by atoms with Crippen molar-refractivity contribution in [3.8, 4) is 11.1 Å². The monoisotopic (exact) mass is 261 g/mol. The highest BCUT2D eigenvalue weighted by Gasteiger charge is 2.12. The Morgan fingerprint density at radius 2 is 2.00 bits per heavy atom. The molecule has 0 spiro atoms. The van der Waals surface area contributed by atoms with Crippen molar-refractivity contribution in [3.63, 3.8) is 0 Å². The Balaban J connectivity index is 2.61. The van der Waals surface area contributed by atoms with Gasteiger partial charge in [0.15, 0.2) is 0 Å². The van der Waals surface area contributed by atoms with Crippen molar-refractivity contribution in [1.29, 1.82) is 0 Å². The Morgan fingerprint density at radius 1 is 1.28 bits per heavy atom. The SMILES string of the molecule is Cc1ccc(C)c(-c2cnc(Cl)c(C(=O)O)c2)c1. The van der Waals surface area contributed by atoms with Crippen LogP contribution in [0.2, 0.25) is 5.15 Å². The molecule has 0 bridgehead atoms. The highest BCUT2D eigenvalue weighted by atomic mass is 35.5. The van der Waals surface area contributed by atoms with Crippen molar-refractivity contribution in [2.75, 3.05) is 0 Å². The van der Waals surface area contributed by atoms with E-state index in [9.17, 15) is 4.79 Å². The van der Waals surface area contributed by atoms with Crippen molar-refractivity contribution in [1.82, 2.24) is 4.98 Å². The van der Waals surface area contributed by atoms with E-state index in [4.69, 9.17) is 16.7 Å². The maximum Gasteiger partial charge on any atom is 0.338 e. The fourth-order valence-corrected chi connectivity index (χ4v) is 1.98. The van der Waals surface area contributed by atoms with Gasteiger partial charge in [-0.15, -0.1) is 0 Å². The lowest BCUT2D eigenvalue weighted by atomic mass is 9.99. The van der Waals surface area contributed by atoms with E-state index in [2.05, 4.69) is 4.98 Å². The summed E-state index contributed by atoms with van der Waals surface area (Å²) in [5, 5.41) is 9.05. The predicted molar refractivity (Wildman–Crippen MR) is 71.1 cm³/mol. The van der Waals surface area contributed by atoms with Gasteiger partial charge >= 0.3 is 5.97 Å². The first-order valence-corrected chi connectivity index (χ1v) is 5.83. The van der Waals surface area contributed by atoms with Gasteiger partial charge in [0.25, 0.3) is 0 Å². The lowest BCUT2D eigenvalue weighted by Gasteiger charge is -2.08. The maximum absolute atomic E-state index is 11.0. The van der Waals surface area contributed by atoms with Crippen LogP contribution in [0.3, 0.4) is 0 Å². The van der Waals surface area contributed by atoms with E-state index < -0.39 is 5.97 Å². The van der Waals surface area contributed by atoms with Crippen LogP contribution in [-0.4, -0.2) is 16.1 Å². The average Bonchev–Trinajstić information content (AvgIpc) is 2.33. The van der Waals surface area contributed by atoms with Crippen LogP contribution < -0.4 is 0 Å². The predicted octanol–water partition coefficient (Wildman–Crippen LogP) is 3.72. The number of benzene rings is 1. The van der Waals surface area contributed by atoms with Gasteiger partial charge in [-0.2, -0.15) is 0 Å². The molecule has 0 aliphatic carbocycles. The van der Waals surface area contributed by atoms with Gasteiger partial charge in [0, 0.05) is 11.8 Å². The number of halogens is 1. The molecule has 4 heteroatoms. The van der Waals surface area contributed by atoms with E-state index in [-0.39, 0.29) is 10.7 Å². The Morgan fingerprint density at radius 3 is 2.67 bits per heavy atom. The molecule has 2 aromatic rings. The third kappa shape index (κ3) is 2.36. The van der Waals surface area contributed by atoms with Crippen molar-refractivity contribution >= 4 is 17.6 Å². The number of carboxylic acid groups (broad SMARTS) is 1. The summed E-state index contributed by atoms with van der Waals surface area (Å²) in [6.45, 7) is 3.97. The van der Waals surface area contributed by atoms with Crippen LogP contribution in [-0.2, 0) is 0 Å². The number of carbonyl (C=O) groups is 1. The van der Waals surface area contributed by atoms with Crippen LogP contribution in [0.5, 0.6) is 0 Å². The zero-order valence-electron chi connectivity index (χ0n) is 10.1. The Hall–Kier alpha value is -1.87. The van der Waals surface area contributed by atoms with Crippen LogP contribution in [0.4, 0.5) is 0 Å². The number of hydrogen-bond donors (Lipinski definition) is 1. The number of aryl methyl sites for hydroxylation is 2. The highest BCUT2D eigenvalue weighted by Crippen LogP contribution is 2.26. The third-order valence-corrected chi connectivity index (χ3v) is 3.07. The summed E-state index contributed by atoms with van der Waals surface area (Å²) in [6, 6.07) is 7.57. The quantitative estimate of drug-likeness (QED) is 0.839. The van der Waals surface area contributed by atoms with Crippen LogP contribution >= 0.6 is 11.6 Å². The van der Waals surface area contributed by atoms with Gasteiger partial charge in [0.2, 0.25) is 0 Å². The first-order chi connectivity index (χ1) is 8.49. The minimum absolute atomic E-state index is 0.0107. The van der Waals surface area contributed by atoms with E-state index in [1.54, 1.807) is 12.3 Å². The molecule has 0 saturated heterocycles. The number of carboxylic acids is 1. The molecule has 92 valence electrons. The van der Waals surface area contributed by atoms with Crippen LogP contribution in [0.25, 0.3) is 11.1 Å². The average molecular weight is 262 g/mol. The third-order valence-electron chi connectivity index (χ3n) is 2.77. The first-order valence-electron chi connectivity index (χ1n) is 5.45. The van der Waals surface area contributed by atoms with E-state index in [0.717, 1.165) is 22.3 Å². The number of pyridine rings is 1. The summed E-state index contributed by atoms with van der Waals surface area (Å²) < 4.78 is 0. The highest BCUT2D eigenvalue weighted by molar-refractivity contribution is 6.32. The molecule has 1 N–H and O–H groups in total. The van der Waals surface area contributed by atoms with Crippen molar-refractivity contribution < 1.29 is 9.90 Å². The largest absolute Gasteiger partial charge is 0.478 e. The zero-order valence-corrected chi connectivity index (χ0v) is 10.8. The number of aromatic nitrogens is 1. The van der Waals surface area contributed by atoms with Gasteiger partial charge in [-0.3, -0.25) is 0 Å². The minimum Gasteiger partial charge on any atom is -0.478 e. The lowest BCUT2D eigenvalue weighted by Crippen LogP contribution is -2.00. The fourth-order valence-electron chi connectivity index (χ4n) is 1.79. The van der Waals surface area contributed by atoms with Gasteiger partial charge in [0.05, 0.1) is 5.56 Å². The standard InChI is InChI=1S/C14H12ClNO2/c1-8-3-4-9(2)11(5-8)10-6-12(14(17)18)13(15)16-7-10/h3-7H,1-2H3,(H,17,18). The Kier molecular flexibility index (Phi) is 3.34. The molecule has 0 fully saturated rings. The summed E-state index contributed by atoms with van der Waals surface area (Å²) in [5.41, 5.74) is 3.94. The van der Waals surface area contributed by atoms with Crippen LogP contribution in [0.15, 0.2) is 30.5 Å². The van der Waals surface area contributed by atoms with Gasteiger partial charge in [-0.1, -0.05) is 35.4 Å². The van der Waals surface area contributed by atoms with Gasteiger partial charge in [-0.05, 0) is 31.0 Å². The van der Waals surface area contributed by atoms with Crippen molar-refractivity contribution in [2.24, 2.45) is 0 Å². The molecule has 3 nitrogen and oxygen atoms in total. The summed E-state index contributed by atoms with van der Waals surface area (Å²) in [6.07, 6.45) is 1.59. The molecule has 1 heterocycles. The number of hydrogen-bond acceptors (Lipinski definition) is 2. The molecular weight excluding hydrogens is 250 g/mol. The summed E-state index contributed by atoms with van der Waals surface area (Å²) >= 11 is 5.76. The van der Waals surface area contributed by atoms with Crippen LogP contribution in [0, 0.1) is 13.8 Å². The summed E-state index contributed by atoms with van der Waals surface area (Å²) in [7, 11) is 0. The molecule has 0 atom stereocenters. The Bertz CT molecular complexity index is 623. The number of rotatable bonds is 2. The smallest absolute Gasteiger partial charge is 0.338 e. The lowest BCUT2D eigenvalue weighted by molar-refractivity contribution is 0.0696. The first kappa shape index (κ1) is 12.6. The van der Waals surface area contributed by atoms with Gasteiger partial charge < -0.3 is 5.11 Å². The molecule has 1 aromatic carbocycles. The molecule has 2 rings (SSSR count). The molecule has 0 aliphatic rings. The molecule has 0 radical (unpaired) electrons. The number of nitrogens with zero attached hydrogens (tertiary/aromatic N) is 1. The minimum atomic E-state index is -1.07. The molecule has 1 aromatic heterocycles. The van der Waals surface area contributed by atoms with E-state index in [1.807, 2.05) is 32.0 Å². The fraction of sp³-hybridized carbons (Fsp3) is 0.143. The molecule has 0 aliphatic heterocycles. The van der Waals surface area contributed by atoms with Gasteiger partial charge in [-0.25, -0.2) is 9.78 Å². The molecule has 18 heavy (non-hydrogen) atoms. The van der Waals surface area contributed by atoms with Crippen molar-refractivity contribution in [2.45, 2.75) is 13.8 Å². The number of aromatic carboxylic acids is 1. The van der Waals surface area contributed by atoms with E-state index >= 15 is 0 Å². The van der Waals surface area contributed by atoms with Crippen LogP contribution in [0.1, 0.15) is 21.5 Å². The van der Waals surface area contributed by atoms with Crippen molar-refractivity contribution in [3.05, 3.63) is 52.3 Å². The molecular formula is C14H12ClNO2. The Labute approximate surface area is 110 Å². The normalized spacial score (nSPS) is 10.4. The summed E-state index contributed by atoms with van der Waals surface area (Å²) in [4.78, 5) is 15.0. The molecule has 0 unspecified atom stereocenters. The topological polar surface area (TPSA) is 50.2 Å². The molecule has 0 amide bonds. The van der Waals surface area contributed by atoms with E-state index in [0.29, 0.717) is 0 Å². The molecule has 0 saturated carbocycles. The van der Waals surface area contributed by atoms with E-state index in [1.165, 1.54) is 0 Å². The second-order valence-corrected chi connectivity index (χ2v) is 4.54. The summed E-state index contributed by atoms with van der Waals surface area (Å²) in [5.74, 6) is -1.07.